The second-order valence-corrected chi connectivity index (χ2v) is 8.20. The van der Waals surface area contributed by atoms with Gasteiger partial charge in [-0.1, -0.05) is 19.9 Å². The van der Waals surface area contributed by atoms with E-state index in [-0.39, 0.29) is 22.8 Å². The van der Waals surface area contributed by atoms with E-state index in [9.17, 15) is 14.4 Å². The summed E-state index contributed by atoms with van der Waals surface area (Å²) in [7, 11) is 0. The number of nitrogens with zero attached hydrogens (tertiary/aromatic N) is 3. The third-order valence-electron chi connectivity index (χ3n) is 5.53. The Balaban J connectivity index is 1.55. The van der Waals surface area contributed by atoms with Gasteiger partial charge in [0, 0.05) is 18.3 Å². The smallest absolute Gasteiger partial charge is 0.278 e. The third kappa shape index (κ3) is 3.82. The number of hydrogen-bond acceptors (Lipinski definition) is 6. The molecule has 0 unspecified atom stereocenters. The van der Waals surface area contributed by atoms with E-state index in [0.717, 1.165) is 10.2 Å². The van der Waals surface area contributed by atoms with E-state index in [1.165, 1.54) is 6.20 Å². The van der Waals surface area contributed by atoms with Crippen LogP contribution in [0.1, 0.15) is 19.4 Å². The number of carbonyl (C=O) groups excluding carboxylic acids is 1. The molecular formula is C24H22N4O5. The van der Waals surface area contributed by atoms with Crippen molar-refractivity contribution in [3.05, 3.63) is 75.1 Å². The molecule has 3 aromatic heterocycles. The van der Waals surface area contributed by atoms with Crippen LogP contribution in [0.15, 0.2) is 58.4 Å². The maximum atomic E-state index is 13.2. The SMILES string of the molecule is CC(C)C(=O)Nn1ccc2nc3ccn(Cc4ccc5c(c4)OCCO5)c(=O)c3cc2c1=O. The van der Waals surface area contributed by atoms with E-state index in [1.54, 1.807) is 42.8 Å². The van der Waals surface area contributed by atoms with Crippen LogP contribution in [-0.4, -0.2) is 33.3 Å². The summed E-state index contributed by atoms with van der Waals surface area (Å²) in [6.45, 7) is 4.80. The monoisotopic (exact) mass is 446 g/mol. The van der Waals surface area contributed by atoms with E-state index >= 15 is 0 Å². The Labute approximate surface area is 188 Å². The minimum atomic E-state index is -0.447. The molecule has 9 nitrogen and oxygen atoms in total. The lowest BCUT2D eigenvalue weighted by Gasteiger charge is -2.19. The van der Waals surface area contributed by atoms with Crippen molar-refractivity contribution < 1.29 is 14.3 Å². The minimum absolute atomic E-state index is 0.253. The molecule has 0 saturated carbocycles. The Hall–Kier alpha value is -4.14. The molecule has 1 N–H and O–H groups in total. The Morgan fingerprint density at radius 2 is 1.67 bits per heavy atom. The molecule has 9 heteroatoms. The Morgan fingerprint density at radius 1 is 0.970 bits per heavy atom. The van der Waals surface area contributed by atoms with E-state index in [1.807, 2.05) is 18.2 Å². The molecule has 1 aromatic carbocycles. The number of fused-ring (bicyclic) bond motifs is 3. The van der Waals surface area contributed by atoms with Crippen molar-refractivity contribution in [1.29, 1.82) is 0 Å². The highest BCUT2D eigenvalue weighted by Crippen LogP contribution is 2.30. The van der Waals surface area contributed by atoms with Crippen LogP contribution in [-0.2, 0) is 11.3 Å². The van der Waals surface area contributed by atoms with Crippen LogP contribution in [0.5, 0.6) is 11.5 Å². The highest BCUT2D eigenvalue weighted by Gasteiger charge is 2.14. The maximum absolute atomic E-state index is 13.2. The quantitative estimate of drug-likeness (QED) is 0.482. The summed E-state index contributed by atoms with van der Waals surface area (Å²) in [4.78, 5) is 42.6. The van der Waals surface area contributed by atoms with Gasteiger partial charge in [-0.25, -0.2) is 9.66 Å². The minimum Gasteiger partial charge on any atom is -0.486 e. The molecule has 0 saturated heterocycles. The first kappa shape index (κ1) is 20.7. The molecule has 0 spiro atoms. The average molecular weight is 446 g/mol. The molecule has 4 heterocycles. The fourth-order valence-corrected chi connectivity index (χ4v) is 3.71. The van der Waals surface area contributed by atoms with Crippen molar-refractivity contribution in [3.8, 4) is 11.5 Å². The zero-order chi connectivity index (χ0) is 23.1. The van der Waals surface area contributed by atoms with Crippen molar-refractivity contribution in [2.24, 2.45) is 5.92 Å². The molecule has 0 fully saturated rings. The summed E-state index contributed by atoms with van der Waals surface area (Å²) in [5.41, 5.74) is 3.68. The molecule has 33 heavy (non-hydrogen) atoms. The highest BCUT2D eigenvalue weighted by molar-refractivity contribution is 5.92. The van der Waals surface area contributed by atoms with E-state index in [2.05, 4.69) is 10.4 Å². The second-order valence-electron chi connectivity index (χ2n) is 8.20. The van der Waals surface area contributed by atoms with Crippen LogP contribution in [0.3, 0.4) is 0 Å². The summed E-state index contributed by atoms with van der Waals surface area (Å²) in [5, 5.41) is 0.579. The molecule has 1 aliphatic heterocycles. The fourth-order valence-electron chi connectivity index (χ4n) is 3.71. The van der Waals surface area contributed by atoms with Gasteiger partial charge in [0.15, 0.2) is 11.5 Å². The van der Waals surface area contributed by atoms with Gasteiger partial charge in [-0.05, 0) is 35.9 Å². The van der Waals surface area contributed by atoms with Gasteiger partial charge >= 0.3 is 0 Å². The van der Waals surface area contributed by atoms with Gasteiger partial charge in [0.25, 0.3) is 11.1 Å². The molecule has 0 atom stereocenters. The number of benzene rings is 1. The topological polar surface area (TPSA) is 104 Å². The summed E-state index contributed by atoms with van der Waals surface area (Å²) in [5.74, 6) is 0.777. The lowest BCUT2D eigenvalue weighted by atomic mass is 10.1. The van der Waals surface area contributed by atoms with Crippen LogP contribution >= 0.6 is 0 Å². The maximum Gasteiger partial charge on any atom is 0.278 e. The summed E-state index contributed by atoms with van der Waals surface area (Å²) < 4.78 is 13.9. The molecule has 168 valence electrons. The predicted octanol–water partition coefficient (Wildman–Crippen LogP) is 2.26. The van der Waals surface area contributed by atoms with Crippen LogP contribution in [0.25, 0.3) is 21.8 Å². The number of rotatable bonds is 4. The van der Waals surface area contributed by atoms with Gasteiger partial charge in [-0.15, -0.1) is 0 Å². The molecule has 1 aliphatic rings. The standard InChI is InChI=1S/C24H22N4O5/c1-14(2)22(29)26-28-8-6-19-17(24(28)31)12-16-18(25-19)5-7-27(23(16)30)13-15-3-4-20-21(11-15)33-10-9-32-20/h3-8,11-12,14H,9-10,13H2,1-2H3,(H,26,29). The fraction of sp³-hybridized carbons (Fsp3) is 0.250. The largest absolute Gasteiger partial charge is 0.486 e. The summed E-state index contributed by atoms with van der Waals surface area (Å²) in [6, 6.07) is 10.5. The molecule has 0 bridgehead atoms. The number of amides is 1. The van der Waals surface area contributed by atoms with Crippen molar-refractivity contribution in [1.82, 2.24) is 14.2 Å². The molecule has 1 amide bonds. The zero-order valence-corrected chi connectivity index (χ0v) is 18.2. The van der Waals surface area contributed by atoms with E-state index in [4.69, 9.17) is 9.47 Å². The first-order valence-corrected chi connectivity index (χ1v) is 10.7. The van der Waals surface area contributed by atoms with Gasteiger partial charge in [0.2, 0.25) is 5.91 Å². The molecule has 0 radical (unpaired) electrons. The van der Waals surface area contributed by atoms with Gasteiger partial charge < -0.3 is 14.0 Å². The van der Waals surface area contributed by atoms with Crippen molar-refractivity contribution in [3.63, 3.8) is 0 Å². The van der Waals surface area contributed by atoms with E-state index < -0.39 is 5.56 Å². The number of nitrogens with one attached hydrogen (secondary N) is 1. The number of aromatic nitrogens is 3. The number of carbonyl (C=O) groups is 1. The Kier molecular flexibility index (Phi) is 5.08. The third-order valence-corrected chi connectivity index (χ3v) is 5.53. The number of ether oxygens (including phenoxy) is 2. The Bertz CT molecular complexity index is 1520. The normalized spacial score (nSPS) is 12.9. The van der Waals surface area contributed by atoms with Crippen LogP contribution in [0.2, 0.25) is 0 Å². The lowest BCUT2D eigenvalue weighted by Crippen LogP contribution is -2.34. The van der Waals surface area contributed by atoms with Crippen molar-refractivity contribution in [2.75, 3.05) is 18.6 Å². The molecule has 4 aromatic rings. The Morgan fingerprint density at radius 3 is 2.42 bits per heavy atom. The molecular weight excluding hydrogens is 424 g/mol. The average Bonchev–Trinajstić information content (AvgIpc) is 2.82. The van der Waals surface area contributed by atoms with Gasteiger partial charge in [-0.2, -0.15) is 0 Å². The first-order chi connectivity index (χ1) is 15.9. The van der Waals surface area contributed by atoms with Crippen LogP contribution in [0.4, 0.5) is 0 Å². The summed E-state index contributed by atoms with van der Waals surface area (Å²) in [6.07, 6.45) is 3.15. The zero-order valence-electron chi connectivity index (χ0n) is 18.2. The van der Waals surface area contributed by atoms with Crippen molar-refractivity contribution >= 4 is 27.7 Å². The molecule has 5 rings (SSSR count). The number of pyridine rings is 3. The van der Waals surface area contributed by atoms with Gasteiger partial charge in [-0.3, -0.25) is 19.8 Å². The van der Waals surface area contributed by atoms with Crippen LogP contribution in [0, 0.1) is 5.92 Å². The first-order valence-electron chi connectivity index (χ1n) is 10.7. The summed E-state index contributed by atoms with van der Waals surface area (Å²) >= 11 is 0. The number of hydrogen-bond donors (Lipinski definition) is 1. The predicted molar refractivity (Wildman–Crippen MR) is 124 cm³/mol. The van der Waals surface area contributed by atoms with Crippen molar-refractivity contribution in [2.45, 2.75) is 20.4 Å². The highest BCUT2D eigenvalue weighted by atomic mass is 16.6. The van der Waals surface area contributed by atoms with Crippen LogP contribution < -0.4 is 26.0 Å². The second kappa shape index (κ2) is 8.09. The lowest BCUT2D eigenvalue weighted by molar-refractivity contribution is -0.119. The van der Waals surface area contributed by atoms with E-state index in [0.29, 0.717) is 47.7 Å². The van der Waals surface area contributed by atoms with Gasteiger partial charge in [0.05, 0.1) is 28.4 Å². The van der Waals surface area contributed by atoms with Gasteiger partial charge in [0.1, 0.15) is 13.2 Å². The molecule has 0 aliphatic carbocycles.